The first-order valence-electron chi connectivity index (χ1n) is 4.65. The van der Waals surface area contributed by atoms with Gasteiger partial charge >= 0.3 is 0 Å². The number of fused-ring (bicyclic) bond motifs is 1. The van der Waals surface area contributed by atoms with Crippen LogP contribution in [0.5, 0.6) is 11.5 Å². The van der Waals surface area contributed by atoms with Crippen LogP contribution in [0.15, 0.2) is 18.3 Å². The Morgan fingerprint density at radius 3 is 2.60 bits per heavy atom. The van der Waals surface area contributed by atoms with Crippen molar-refractivity contribution in [2.75, 3.05) is 0 Å². The van der Waals surface area contributed by atoms with E-state index in [0.717, 1.165) is 0 Å². The van der Waals surface area contributed by atoms with E-state index in [1.165, 1.54) is 17.0 Å². The molecule has 2 rings (SSSR count). The zero-order chi connectivity index (χ0) is 11.0. The average Bonchev–Trinajstić information content (AvgIpc) is 2.49. The molecule has 0 aliphatic rings. The number of benzene rings is 1. The van der Waals surface area contributed by atoms with Crippen molar-refractivity contribution in [2.45, 2.75) is 20.0 Å². The van der Waals surface area contributed by atoms with Gasteiger partial charge in [-0.15, -0.1) is 5.10 Å². The van der Waals surface area contributed by atoms with Crippen LogP contribution in [0.2, 0.25) is 0 Å². The second-order valence-electron chi connectivity index (χ2n) is 3.57. The monoisotopic (exact) mass is 208 g/mol. The van der Waals surface area contributed by atoms with Crippen LogP contribution < -0.4 is 4.84 Å². The molecule has 0 bridgehead atoms. The quantitative estimate of drug-likeness (QED) is 0.729. The van der Waals surface area contributed by atoms with Crippen molar-refractivity contribution in [3.8, 4) is 11.5 Å². The molecule has 1 aromatic heterocycles. The number of phenols is 2. The highest BCUT2D eigenvalue weighted by atomic mass is 16.7. The van der Waals surface area contributed by atoms with E-state index >= 15 is 0 Å². The standard InChI is InChI=1S/C10H12N2O3/c1-6(2)15-12-8-4-10(14)9(13)3-7(8)5-11-12/h3-6,13-14H,1-2H3. The molecule has 0 radical (unpaired) electrons. The van der Waals surface area contributed by atoms with Crippen LogP contribution in [-0.4, -0.2) is 26.3 Å². The first-order valence-corrected chi connectivity index (χ1v) is 4.65. The zero-order valence-corrected chi connectivity index (χ0v) is 8.51. The highest BCUT2D eigenvalue weighted by molar-refractivity contribution is 5.82. The molecule has 15 heavy (non-hydrogen) atoms. The molecule has 0 amide bonds. The predicted molar refractivity (Wildman–Crippen MR) is 54.8 cm³/mol. The molecule has 1 heterocycles. The molecular formula is C10H12N2O3. The molecule has 0 saturated heterocycles. The summed E-state index contributed by atoms with van der Waals surface area (Å²) in [7, 11) is 0. The number of phenolic OH excluding ortho intramolecular Hbond substituents is 2. The fraction of sp³-hybridized carbons (Fsp3) is 0.300. The van der Waals surface area contributed by atoms with E-state index < -0.39 is 0 Å². The zero-order valence-electron chi connectivity index (χ0n) is 8.51. The van der Waals surface area contributed by atoms with Crippen molar-refractivity contribution in [3.05, 3.63) is 18.3 Å². The number of nitrogens with zero attached hydrogens (tertiary/aromatic N) is 2. The van der Waals surface area contributed by atoms with Crippen molar-refractivity contribution >= 4 is 10.9 Å². The molecule has 80 valence electrons. The van der Waals surface area contributed by atoms with Gasteiger partial charge < -0.3 is 15.1 Å². The fourth-order valence-corrected chi connectivity index (χ4v) is 1.31. The molecule has 0 saturated carbocycles. The van der Waals surface area contributed by atoms with Crippen molar-refractivity contribution in [3.63, 3.8) is 0 Å². The van der Waals surface area contributed by atoms with Gasteiger partial charge in [0.2, 0.25) is 0 Å². The van der Waals surface area contributed by atoms with Gasteiger partial charge in [0.15, 0.2) is 11.5 Å². The molecular weight excluding hydrogens is 196 g/mol. The van der Waals surface area contributed by atoms with Gasteiger partial charge in [-0.1, -0.05) is 4.85 Å². The van der Waals surface area contributed by atoms with Crippen molar-refractivity contribution in [1.82, 2.24) is 9.94 Å². The first kappa shape index (κ1) is 9.64. The van der Waals surface area contributed by atoms with Crippen LogP contribution in [0.25, 0.3) is 10.9 Å². The van der Waals surface area contributed by atoms with E-state index in [2.05, 4.69) is 5.10 Å². The fourth-order valence-electron chi connectivity index (χ4n) is 1.31. The smallest absolute Gasteiger partial charge is 0.159 e. The summed E-state index contributed by atoms with van der Waals surface area (Å²) in [4.78, 5) is 6.71. The molecule has 0 unspecified atom stereocenters. The second kappa shape index (κ2) is 3.34. The average molecular weight is 208 g/mol. The molecule has 5 nitrogen and oxygen atoms in total. The summed E-state index contributed by atoms with van der Waals surface area (Å²) < 4.78 is 0. The van der Waals surface area contributed by atoms with Crippen molar-refractivity contribution in [2.24, 2.45) is 0 Å². The maximum Gasteiger partial charge on any atom is 0.159 e. The van der Waals surface area contributed by atoms with Gasteiger partial charge in [0.05, 0.1) is 6.20 Å². The lowest BCUT2D eigenvalue weighted by Crippen LogP contribution is -2.19. The summed E-state index contributed by atoms with van der Waals surface area (Å²) in [6.07, 6.45) is 1.56. The van der Waals surface area contributed by atoms with Gasteiger partial charge in [-0.3, -0.25) is 0 Å². The minimum Gasteiger partial charge on any atom is -0.504 e. The summed E-state index contributed by atoms with van der Waals surface area (Å²) in [6, 6.07) is 2.86. The lowest BCUT2D eigenvalue weighted by atomic mass is 10.2. The maximum absolute atomic E-state index is 9.35. The number of aromatic hydroxyl groups is 2. The number of aromatic nitrogens is 2. The third-order valence-corrected chi connectivity index (χ3v) is 1.94. The summed E-state index contributed by atoms with van der Waals surface area (Å²) in [5.74, 6) is -0.344. The van der Waals surface area contributed by atoms with Gasteiger partial charge in [0, 0.05) is 11.5 Å². The van der Waals surface area contributed by atoms with Crippen molar-refractivity contribution in [1.29, 1.82) is 0 Å². The second-order valence-corrected chi connectivity index (χ2v) is 3.57. The summed E-state index contributed by atoms with van der Waals surface area (Å²) in [5.41, 5.74) is 0.624. The summed E-state index contributed by atoms with van der Waals surface area (Å²) >= 11 is 0. The molecule has 2 aromatic rings. The van der Waals surface area contributed by atoms with Gasteiger partial charge in [-0.05, 0) is 19.9 Å². The van der Waals surface area contributed by atoms with E-state index in [1.54, 1.807) is 6.20 Å². The van der Waals surface area contributed by atoms with E-state index in [1.807, 2.05) is 13.8 Å². The van der Waals surface area contributed by atoms with Crippen LogP contribution in [0.3, 0.4) is 0 Å². The third-order valence-electron chi connectivity index (χ3n) is 1.94. The first-order chi connectivity index (χ1) is 7.08. The Balaban J connectivity index is 2.54. The molecule has 2 N–H and O–H groups in total. The highest BCUT2D eigenvalue weighted by Gasteiger charge is 2.09. The highest BCUT2D eigenvalue weighted by Crippen LogP contribution is 2.29. The summed E-state index contributed by atoms with van der Waals surface area (Å²) in [6.45, 7) is 3.77. The Kier molecular flexibility index (Phi) is 2.15. The van der Waals surface area contributed by atoms with Gasteiger partial charge in [0.25, 0.3) is 0 Å². The van der Waals surface area contributed by atoms with Crippen LogP contribution in [-0.2, 0) is 0 Å². The Morgan fingerprint density at radius 2 is 1.93 bits per heavy atom. The normalized spacial score (nSPS) is 11.1. The molecule has 1 aromatic carbocycles. The van der Waals surface area contributed by atoms with Gasteiger partial charge in [-0.25, -0.2) is 0 Å². The van der Waals surface area contributed by atoms with E-state index in [4.69, 9.17) is 4.84 Å². The Hall–Kier alpha value is -1.91. The van der Waals surface area contributed by atoms with Crippen LogP contribution in [0.1, 0.15) is 13.8 Å². The lowest BCUT2D eigenvalue weighted by molar-refractivity contribution is 0.0444. The molecule has 0 atom stereocenters. The Labute approximate surface area is 86.5 Å². The molecule has 5 heteroatoms. The topological polar surface area (TPSA) is 67.5 Å². The van der Waals surface area contributed by atoms with E-state index in [-0.39, 0.29) is 17.6 Å². The lowest BCUT2D eigenvalue weighted by Gasteiger charge is -2.09. The SMILES string of the molecule is CC(C)On1ncc2cc(O)c(O)cc21. The minimum atomic E-state index is -0.184. The number of rotatable bonds is 2. The maximum atomic E-state index is 9.35. The largest absolute Gasteiger partial charge is 0.504 e. The molecule has 0 aliphatic carbocycles. The predicted octanol–water partition coefficient (Wildman–Crippen LogP) is 1.28. The van der Waals surface area contributed by atoms with Crippen LogP contribution in [0.4, 0.5) is 0 Å². The van der Waals surface area contributed by atoms with Gasteiger partial charge in [0.1, 0.15) is 11.6 Å². The molecule has 0 spiro atoms. The summed E-state index contributed by atoms with van der Waals surface area (Å²) in [5, 5.41) is 23.3. The Bertz CT molecular complexity index is 491. The molecule has 0 fully saturated rings. The van der Waals surface area contributed by atoms with Crippen LogP contribution >= 0.6 is 0 Å². The van der Waals surface area contributed by atoms with Crippen LogP contribution in [0, 0.1) is 0 Å². The van der Waals surface area contributed by atoms with Gasteiger partial charge in [-0.2, -0.15) is 0 Å². The molecule has 0 aliphatic heterocycles. The Morgan fingerprint density at radius 1 is 1.27 bits per heavy atom. The third kappa shape index (κ3) is 1.68. The number of hydrogen-bond donors (Lipinski definition) is 2. The van der Waals surface area contributed by atoms with Crippen molar-refractivity contribution < 1.29 is 15.1 Å². The van der Waals surface area contributed by atoms with E-state index in [0.29, 0.717) is 10.9 Å². The van der Waals surface area contributed by atoms with E-state index in [9.17, 15) is 10.2 Å². The minimum absolute atomic E-state index is 0.0101. The number of hydrogen-bond acceptors (Lipinski definition) is 4.